The molecule has 1 aromatic heterocycles. The first-order chi connectivity index (χ1) is 9.70. The summed E-state index contributed by atoms with van der Waals surface area (Å²) in [5.74, 6) is 2.09. The number of hydrogen-bond acceptors (Lipinski definition) is 5. The van der Waals surface area contributed by atoms with Crippen LogP contribution in [0.3, 0.4) is 0 Å². The summed E-state index contributed by atoms with van der Waals surface area (Å²) >= 11 is 0. The molecule has 5 nitrogen and oxygen atoms in total. The molecule has 1 saturated carbocycles. The van der Waals surface area contributed by atoms with Gasteiger partial charge in [0.25, 0.3) is 0 Å². The molecule has 2 heterocycles. The SMILES string of the molecule is CC1CC(Nc2ccc(N)c(OCC3CC3)n2)CCO1. The summed E-state index contributed by atoms with van der Waals surface area (Å²) in [7, 11) is 0. The second-order valence-corrected chi connectivity index (χ2v) is 5.89. The first kappa shape index (κ1) is 13.5. The average Bonchev–Trinajstić information content (AvgIpc) is 3.23. The number of anilines is 2. The number of nitrogens with zero attached hydrogens (tertiary/aromatic N) is 1. The van der Waals surface area contributed by atoms with Gasteiger partial charge >= 0.3 is 0 Å². The zero-order chi connectivity index (χ0) is 13.9. The second-order valence-electron chi connectivity index (χ2n) is 5.89. The number of pyridine rings is 1. The van der Waals surface area contributed by atoms with Gasteiger partial charge in [0, 0.05) is 12.6 Å². The summed E-state index contributed by atoms with van der Waals surface area (Å²) in [6.07, 6.45) is 4.84. The molecule has 2 atom stereocenters. The van der Waals surface area contributed by atoms with Crippen molar-refractivity contribution in [1.82, 2.24) is 4.98 Å². The van der Waals surface area contributed by atoms with Gasteiger partial charge in [-0.25, -0.2) is 0 Å². The van der Waals surface area contributed by atoms with Crippen LogP contribution < -0.4 is 15.8 Å². The Hall–Kier alpha value is -1.49. The fourth-order valence-corrected chi connectivity index (χ4v) is 2.47. The number of aromatic nitrogens is 1. The van der Waals surface area contributed by atoms with Crippen LogP contribution in [-0.2, 0) is 4.74 Å². The lowest BCUT2D eigenvalue weighted by Gasteiger charge is -2.28. The van der Waals surface area contributed by atoms with E-state index >= 15 is 0 Å². The molecule has 1 saturated heterocycles. The molecular weight excluding hydrogens is 254 g/mol. The van der Waals surface area contributed by atoms with E-state index in [1.807, 2.05) is 12.1 Å². The lowest BCUT2D eigenvalue weighted by Crippen LogP contribution is -2.32. The van der Waals surface area contributed by atoms with Gasteiger partial charge < -0.3 is 20.5 Å². The molecule has 1 aliphatic carbocycles. The molecule has 2 aliphatic rings. The Kier molecular flexibility index (Phi) is 3.96. The van der Waals surface area contributed by atoms with Gasteiger partial charge in [0.2, 0.25) is 5.88 Å². The first-order valence-corrected chi connectivity index (χ1v) is 7.48. The van der Waals surface area contributed by atoms with Crippen molar-refractivity contribution in [2.24, 2.45) is 5.92 Å². The number of hydrogen-bond donors (Lipinski definition) is 2. The molecule has 2 fully saturated rings. The monoisotopic (exact) mass is 277 g/mol. The van der Waals surface area contributed by atoms with E-state index in [2.05, 4.69) is 17.2 Å². The van der Waals surface area contributed by atoms with E-state index in [9.17, 15) is 0 Å². The maximum atomic E-state index is 5.92. The second kappa shape index (κ2) is 5.87. The van der Waals surface area contributed by atoms with Gasteiger partial charge in [-0.15, -0.1) is 0 Å². The van der Waals surface area contributed by atoms with E-state index < -0.39 is 0 Å². The first-order valence-electron chi connectivity index (χ1n) is 7.48. The number of ether oxygens (including phenoxy) is 2. The summed E-state index contributed by atoms with van der Waals surface area (Å²) in [5.41, 5.74) is 6.52. The summed E-state index contributed by atoms with van der Waals surface area (Å²) in [4.78, 5) is 4.49. The van der Waals surface area contributed by atoms with Crippen molar-refractivity contribution >= 4 is 11.5 Å². The summed E-state index contributed by atoms with van der Waals surface area (Å²) in [5, 5.41) is 3.46. The van der Waals surface area contributed by atoms with E-state index in [1.165, 1.54) is 12.8 Å². The Labute approximate surface area is 119 Å². The molecule has 3 rings (SSSR count). The molecule has 2 unspecified atom stereocenters. The van der Waals surface area contributed by atoms with Crippen LogP contribution in [0.2, 0.25) is 0 Å². The van der Waals surface area contributed by atoms with Gasteiger partial charge in [-0.3, -0.25) is 0 Å². The molecule has 0 aromatic carbocycles. The zero-order valence-corrected chi connectivity index (χ0v) is 12.0. The quantitative estimate of drug-likeness (QED) is 0.865. The molecule has 0 bridgehead atoms. The molecule has 0 radical (unpaired) electrons. The topological polar surface area (TPSA) is 69.4 Å². The van der Waals surface area contributed by atoms with Gasteiger partial charge in [0.05, 0.1) is 18.4 Å². The Balaban J connectivity index is 1.61. The fraction of sp³-hybridized carbons (Fsp3) is 0.667. The highest BCUT2D eigenvalue weighted by Gasteiger charge is 2.23. The third-order valence-corrected chi connectivity index (χ3v) is 3.88. The van der Waals surface area contributed by atoms with Gasteiger partial charge in [-0.05, 0) is 50.7 Å². The molecule has 110 valence electrons. The summed E-state index contributed by atoms with van der Waals surface area (Å²) < 4.78 is 11.3. The molecule has 5 heteroatoms. The molecule has 3 N–H and O–H groups in total. The van der Waals surface area contributed by atoms with Crippen molar-refractivity contribution in [3.8, 4) is 5.88 Å². The Morgan fingerprint density at radius 1 is 1.40 bits per heavy atom. The Morgan fingerprint density at radius 3 is 3.00 bits per heavy atom. The van der Waals surface area contributed by atoms with E-state index in [1.54, 1.807) is 0 Å². The summed E-state index contributed by atoms with van der Waals surface area (Å²) in [6.45, 7) is 3.64. The zero-order valence-electron chi connectivity index (χ0n) is 12.0. The van der Waals surface area contributed by atoms with Gasteiger partial charge in [0.15, 0.2) is 0 Å². The van der Waals surface area contributed by atoms with Crippen molar-refractivity contribution < 1.29 is 9.47 Å². The third-order valence-electron chi connectivity index (χ3n) is 3.88. The van der Waals surface area contributed by atoms with Crippen LogP contribution >= 0.6 is 0 Å². The van der Waals surface area contributed by atoms with Gasteiger partial charge in [-0.2, -0.15) is 4.98 Å². The van der Waals surface area contributed by atoms with E-state index in [4.69, 9.17) is 15.2 Å². The third kappa shape index (κ3) is 3.54. The summed E-state index contributed by atoms with van der Waals surface area (Å²) in [6, 6.07) is 4.19. The minimum Gasteiger partial charge on any atom is -0.476 e. The van der Waals surface area contributed by atoms with Crippen LogP contribution in [0, 0.1) is 5.92 Å². The maximum absolute atomic E-state index is 5.92. The number of rotatable bonds is 5. The van der Waals surface area contributed by atoms with Crippen molar-refractivity contribution in [3.63, 3.8) is 0 Å². The highest BCUT2D eigenvalue weighted by atomic mass is 16.5. The number of nitrogens with two attached hydrogens (primary N) is 1. The highest BCUT2D eigenvalue weighted by molar-refractivity contribution is 5.53. The largest absolute Gasteiger partial charge is 0.476 e. The van der Waals surface area contributed by atoms with Crippen LogP contribution in [0.25, 0.3) is 0 Å². The van der Waals surface area contributed by atoms with Gasteiger partial charge in [0.1, 0.15) is 5.82 Å². The maximum Gasteiger partial charge on any atom is 0.239 e. The smallest absolute Gasteiger partial charge is 0.239 e. The van der Waals surface area contributed by atoms with E-state index in [0.29, 0.717) is 29.6 Å². The highest BCUT2D eigenvalue weighted by Crippen LogP contribution is 2.31. The van der Waals surface area contributed by atoms with Crippen molar-refractivity contribution in [1.29, 1.82) is 0 Å². The molecule has 1 aromatic rings. The average molecular weight is 277 g/mol. The van der Waals surface area contributed by atoms with Crippen molar-refractivity contribution in [3.05, 3.63) is 12.1 Å². The van der Waals surface area contributed by atoms with E-state index in [0.717, 1.165) is 31.9 Å². The minimum atomic E-state index is 0.306. The predicted octanol–water partition coefficient (Wildman–Crippen LogP) is 2.43. The van der Waals surface area contributed by atoms with Crippen molar-refractivity contribution in [2.45, 2.75) is 44.8 Å². The van der Waals surface area contributed by atoms with E-state index in [-0.39, 0.29) is 0 Å². The normalized spacial score (nSPS) is 26.2. The fourth-order valence-electron chi connectivity index (χ4n) is 2.47. The molecule has 0 amide bonds. The Morgan fingerprint density at radius 2 is 2.25 bits per heavy atom. The lowest BCUT2D eigenvalue weighted by molar-refractivity contribution is 0.0232. The molecule has 1 aliphatic heterocycles. The standard InChI is InChI=1S/C15H23N3O2/c1-10-8-12(6-7-19-10)17-14-5-4-13(16)15(18-14)20-9-11-2-3-11/h4-5,10-12H,2-3,6-9,16H2,1H3,(H,17,18). The van der Waals surface area contributed by atoms with Crippen LogP contribution in [0.15, 0.2) is 12.1 Å². The Bertz CT molecular complexity index is 462. The number of nitrogen functional groups attached to an aromatic ring is 1. The predicted molar refractivity (Wildman–Crippen MR) is 78.9 cm³/mol. The molecule has 20 heavy (non-hydrogen) atoms. The molecule has 0 spiro atoms. The van der Waals surface area contributed by atoms with Crippen LogP contribution in [0.5, 0.6) is 5.88 Å². The molecular formula is C15H23N3O2. The van der Waals surface area contributed by atoms with Gasteiger partial charge in [-0.1, -0.05) is 0 Å². The van der Waals surface area contributed by atoms with Crippen LogP contribution in [-0.4, -0.2) is 30.3 Å². The van der Waals surface area contributed by atoms with Crippen molar-refractivity contribution in [2.75, 3.05) is 24.3 Å². The minimum absolute atomic E-state index is 0.306. The van der Waals surface area contributed by atoms with Crippen LogP contribution in [0.4, 0.5) is 11.5 Å². The number of nitrogens with one attached hydrogen (secondary N) is 1. The lowest BCUT2D eigenvalue weighted by atomic mass is 10.0. The van der Waals surface area contributed by atoms with Crippen LogP contribution in [0.1, 0.15) is 32.6 Å².